The number of aromatic nitrogens is 8. The zero-order chi connectivity index (χ0) is 85.5. The highest BCUT2D eigenvalue weighted by atomic mass is 14.8. The molecule has 8 aromatic heterocycles. The SMILES string of the molecule is CC.CC.CC.CC.CC.CC.CC.CC.CC.CC.CC.CC.Cc1ccc2c(cnc3ccccc32)c1.Cc1ccc2ccc3cccnc3c2n1.Cc1ccc2cnc3ccccc3c2c1.Cc1cccc2c1cnc1ccccc12.Cc1cccc2c1ncc1ccccc12.Cc1cnc2c(ccc3cccnc32)c1. The number of benzene rings is 10. The fraction of sp³-hybridized carbons (Fsp3) is 0.283. The predicted molar refractivity (Wildman–Crippen MR) is 516 cm³/mol. The van der Waals surface area contributed by atoms with Crippen LogP contribution in [0.5, 0.6) is 0 Å². The van der Waals surface area contributed by atoms with Gasteiger partial charge >= 0.3 is 0 Å². The average molecular weight is 1520 g/mol. The van der Waals surface area contributed by atoms with Gasteiger partial charge in [-0.15, -0.1) is 0 Å². The summed E-state index contributed by atoms with van der Waals surface area (Å²) < 4.78 is 0. The van der Waals surface area contributed by atoms with Gasteiger partial charge in [0.05, 0.1) is 44.1 Å². The minimum Gasteiger partial charge on any atom is -0.256 e. The third-order valence-electron chi connectivity index (χ3n) is 16.3. The maximum absolute atomic E-state index is 4.54. The van der Waals surface area contributed by atoms with Crippen molar-refractivity contribution in [3.05, 3.63) is 313 Å². The molecule has 600 valence electrons. The number of para-hydroxylation sites is 4. The number of rotatable bonds is 0. The van der Waals surface area contributed by atoms with Crippen LogP contribution in [-0.4, -0.2) is 39.9 Å². The molecule has 10 aromatic carbocycles. The maximum atomic E-state index is 4.54. The maximum Gasteiger partial charge on any atom is 0.0967 e. The van der Waals surface area contributed by atoms with Crippen LogP contribution >= 0.6 is 0 Å². The fourth-order valence-corrected chi connectivity index (χ4v) is 11.7. The second-order valence-corrected chi connectivity index (χ2v) is 22.8. The van der Waals surface area contributed by atoms with Gasteiger partial charge in [0.2, 0.25) is 0 Å². The molecule has 0 aliphatic carbocycles. The second kappa shape index (κ2) is 58.4. The van der Waals surface area contributed by atoms with E-state index in [1.165, 1.54) is 92.5 Å². The molecule has 0 aliphatic heterocycles. The number of fused-ring (bicyclic) bond motifs is 18. The summed E-state index contributed by atoms with van der Waals surface area (Å²) in [5, 5.41) is 19.6. The van der Waals surface area contributed by atoms with Crippen LogP contribution in [0.1, 0.15) is 200 Å². The van der Waals surface area contributed by atoms with Crippen molar-refractivity contribution in [3.63, 3.8) is 0 Å². The highest BCUT2D eigenvalue weighted by molar-refractivity contribution is 6.09. The molecule has 114 heavy (non-hydrogen) atoms. The van der Waals surface area contributed by atoms with Gasteiger partial charge in [-0.2, -0.15) is 0 Å². The van der Waals surface area contributed by atoms with Crippen molar-refractivity contribution >= 4 is 130 Å². The fourth-order valence-electron chi connectivity index (χ4n) is 11.7. The Morgan fingerprint density at radius 2 is 0.526 bits per heavy atom. The molecule has 18 aromatic rings. The Labute approximate surface area is 687 Å². The number of aryl methyl sites for hydroxylation is 6. The molecule has 0 fully saturated rings. The van der Waals surface area contributed by atoms with Crippen LogP contribution in [-0.2, 0) is 0 Å². The Hall–Kier alpha value is -11.5. The molecule has 0 atom stereocenters. The van der Waals surface area contributed by atoms with Crippen molar-refractivity contribution in [2.24, 2.45) is 0 Å². The molecule has 0 spiro atoms. The summed E-state index contributed by atoms with van der Waals surface area (Å²) in [5.74, 6) is 0. The Kier molecular flexibility index (Phi) is 51.5. The lowest BCUT2D eigenvalue weighted by Gasteiger charge is -2.04. The second-order valence-electron chi connectivity index (χ2n) is 22.8. The lowest BCUT2D eigenvalue weighted by atomic mass is 10.0. The monoisotopic (exact) mass is 1520 g/mol. The van der Waals surface area contributed by atoms with Gasteiger partial charge < -0.3 is 0 Å². The van der Waals surface area contributed by atoms with Gasteiger partial charge in [-0.25, -0.2) is 0 Å². The van der Waals surface area contributed by atoms with Crippen molar-refractivity contribution < 1.29 is 0 Å². The minimum absolute atomic E-state index is 0.981. The smallest absolute Gasteiger partial charge is 0.0967 e. The van der Waals surface area contributed by atoms with E-state index < -0.39 is 0 Å². The molecule has 0 N–H and O–H groups in total. The van der Waals surface area contributed by atoms with Gasteiger partial charge in [0.25, 0.3) is 0 Å². The van der Waals surface area contributed by atoms with Crippen LogP contribution < -0.4 is 0 Å². The molecule has 0 bridgehead atoms. The summed E-state index contributed by atoms with van der Waals surface area (Å²) in [7, 11) is 0. The lowest BCUT2D eigenvalue weighted by Crippen LogP contribution is -1.86. The summed E-state index contributed by atoms with van der Waals surface area (Å²) in [6.07, 6.45) is 13.3. The Morgan fingerprint density at radius 3 is 1.09 bits per heavy atom. The van der Waals surface area contributed by atoms with Gasteiger partial charge in [0, 0.05) is 114 Å². The van der Waals surface area contributed by atoms with Gasteiger partial charge in [-0.05, 0) is 128 Å². The van der Waals surface area contributed by atoms with Crippen LogP contribution in [0.15, 0.2) is 280 Å². The van der Waals surface area contributed by atoms with E-state index in [9.17, 15) is 0 Å². The first-order chi connectivity index (χ1) is 56.1. The quantitative estimate of drug-likeness (QED) is 0.138. The van der Waals surface area contributed by atoms with Crippen LogP contribution in [0.2, 0.25) is 0 Å². The van der Waals surface area contributed by atoms with Crippen LogP contribution in [0, 0.1) is 41.5 Å². The standard InChI is InChI=1S/4C14H11N.2C13H10N2.12C2H6/c1-10-5-4-7-11-12-6-2-3-8-14(12)15-9-13(10)11;1-10-5-4-8-13-12-7-3-2-6-11(12)9-15-14(10)13;1-10-6-7-12-11(8-10)9-15-14-5-3-2-4-13(12)14;1-10-6-7-11-9-15-14-5-3-2-4-12(14)13(11)8-10;1-9-4-5-11-7-6-10-3-2-8-14-12(10)13(11)15-9;1-9-7-11-5-4-10-3-2-6-14-12(10)13(11)15-8-9;12*1-2/h4*2-9H,1H3;2*2-8H,1H3;12*1-2H3. The Morgan fingerprint density at radius 1 is 0.175 bits per heavy atom. The van der Waals surface area contributed by atoms with E-state index in [0.29, 0.717) is 0 Å². The van der Waals surface area contributed by atoms with Gasteiger partial charge in [0.1, 0.15) is 0 Å². The lowest BCUT2D eigenvalue weighted by molar-refractivity contribution is 1.25. The summed E-state index contributed by atoms with van der Waals surface area (Å²) in [6, 6.07) is 81.5. The normalized spacial score (nSPS) is 9.32. The van der Waals surface area contributed by atoms with Crippen LogP contribution in [0.4, 0.5) is 0 Å². The van der Waals surface area contributed by atoms with Crippen molar-refractivity contribution in [1.29, 1.82) is 0 Å². The molecule has 8 heterocycles. The molecule has 8 heteroatoms. The van der Waals surface area contributed by atoms with Gasteiger partial charge in [-0.1, -0.05) is 365 Å². The molecule has 0 aliphatic rings. The van der Waals surface area contributed by atoms with Crippen molar-refractivity contribution in [2.75, 3.05) is 0 Å². The van der Waals surface area contributed by atoms with E-state index in [2.05, 4.69) is 269 Å². The van der Waals surface area contributed by atoms with E-state index in [1.54, 1.807) is 0 Å². The topological polar surface area (TPSA) is 103 Å². The molecular weight excluding hydrogens is 1390 g/mol. The summed E-state index contributed by atoms with van der Waals surface area (Å²) >= 11 is 0. The molecule has 18 rings (SSSR count). The largest absolute Gasteiger partial charge is 0.256 e. The van der Waals surface area contributed by atoms with Gasteiger partial charge in [-0.3, -0.25) is 39.9 Å². The van der Waals surface area contributed by atoms with Crippen molar-refractivity contribution in [1.82, 2.24) is 39.9 Å². The highest BCUT2D eigenvalue weighted by Gasteiger charge is 2.08. The first-order valence-electron chi connectivity index (χ1n) is 42.3. The summed E-state index contributed by atoms with van der Waals surface area (Å²) in [6.45, 7) is 60.5. The van der Waals surface area contributed by atoms with Crippen LogP contribution in [0.25, 0.3) is 130 Å². The molecule has 0 unspecified atom stereocenters. The Balaban J connectivity index is 0.000000648. The zero-order valence-electron chi connectivity index (χ0n) is 75.1. The predicted octanol–water partition coefficient (Wildman–Crippen LogP) is 33.3. The van der Waals surface area contributed by atoms with E-state index in [0.717, 1.165) is 71.4 Å². The molecular formula is C106H136N8. The number of nitrogens with zero attached hydrogens (tertiary/aromatic N) is 8. The highest BCUT2D eigenvalue weighted by Crippen LogP contribution is 2.30. The van der Waals surface area contributed by atoms with Crippen LogP contribution in [0.3, 0.4) is 0 Å². The van der Waals surface area contributed by atoms with Gasteiger partial charge in [0.15, 0.2) is 0 Å². The molecule has 8 nitrogen and oxygen atoms in total. The summed E-state index contributed by atoms with van der Waals surface area (Å²) in [4.78, 5) is 35.6. The third-order valence-corrected chi connectivity index (χ3v) is 16.3. The van der Waals surface area contributed by atoms with E-state index in [-0.39, 0.29) is 0 Å². The Bertz CT molecular complexity index is 5240. The molecule has 0 saturated heterocycles. The number of hydrogen-bond donors (Lipinski definition) is 0. The van der Waals surface area contributed by atoms with E-state index >= 15 is 0 Å². The average Bonchev–Trinajstić information content (AvgIpc) is 1.00. The van der Waals surface area contributed by atoms with E-state index in [1.807, 2.05) is 259 Å². The molecule has 0 radical (unpaired) electrons. The van der Waals surface area contributed by atoms with Crippen molar-refractivity contribution in [3.8, 4) is 0 Å². The van der Waals surface area contributed by atoms with E-state index in [4.69, 9.17) is 0 Å². The molecule has 0 amide bonds. The zero-order valence-corrected chi connectivity index (χ0v) is 75.1. The number of hydrogen-bond acceptors (Lipinski definition) is 8. The first kappa shape index (κ1) is 101. The van der Waals surface area contributed by atoms with Crippen molar-refractivity contribution in [2.45, 2.75) is 208 Å². The summed E-state index contributed by atoms with van der Waals surface area (Å²) in [5.41, 5.74) is 15.5. The third kappa shape index (κ3) is 28.0. The first-order valence-corrected chi connectivity index (χ1v) is 42.3. The molecule has 0 saturated carbocycles. The number of pyridine rings is 8. The minimum atomic E-state index is 0.981.